The first-order valence-electron chi connectivity index (χ1n) is 6.16. The number of hydrogen-bond donors (Lipinski definition) is 1. The Hall–Kier alpha value is -1.20. The lowest BCUT2D eigenvalue weighted by Crippen LogP contribution is -2.36. The summed E-state index contributed by atoms with van der Waals surface area (Å²) in [5, 5.41) is 9.17. The molecule has 0 spiro atoms. The number of halogens is 2. The van der Waals surface area contributed by atoms with Crippen LogP contribution in [0, 0.1) is 5.82 Å². The Bertz CT molecular complexity index is 504. The maximum atomic E-state index is 13.5. The van der Waals surface area contributed by atoms with E-state index in [-0.39, 0.29) is 24.4 Å². The van der Waals surface area contributed by atoms with Crippen LogP contribution in [0.4, 0.5) is 4.39 Å². The van der Waals surface area contributed by atoms with Crippen molar-refractivity contribution < 1.29 is 14.3 Å². The van der Waals surface area contributed by atoms with E-state index >= 15 is 0 Å². The molecule has 1 N–H and O–H groups in total. The third kappa shape index (κ3) is 3.42. The molecule has 1 atom stereocenters. The van der Waals surface area contributed by atoms with E-state index in [1.807, 2.05) is 0 Å². The second-order valence-corrected chi connectivity index (χ2v) is 5.43. The molecule has 1 unspecified atom stereocenters. The van der Waals surface area contributed by atoms with E-state index < -0.39 is 0 Å². The highest BCUT2D eigenvalue weighted by Crippen LogP contribution is 2.19. The van der Waals surface area contributed by atoms with Crippen molar-refractivity contribution in [2.45, 2.75) is 18.9 Å². The molecule has 2 rings (SSSR count). The lowest BCUT2D eigenvalue weighted by atomic mass is 10.2. The van der Waals surface area contributed by atoms with Crippen LogP contribution in [-0.2, 0) is 4.79 Å². The van der Waals surface area contributed by atoms with Crippen molar-refractivity contribution >= 4 is 27.9 Å². The van der Waals surface area contributed by atoms with Crippen LogP contribution >= 0.6 is 15.9 Å². The highest BCUT2D eigenvalue weighted by molar-refractivity contribution is 9.10. The molecule has 1 saturated heterocycles. The lowest BCUT2D eigenvalue weighted by molar-refractivity contribution is -0.127. The Labute approximate surface area is 119 Å². The number of aliphatic hydroxyl groups excluding tert-OH is 1. The quantitative estimate of drug-likeness (QED) is 0.867. The van der Waals surface area contributed by atoms with Gasteiger partial charge in [-0.05, 0) is 37.1 Å². The molecule has 1 heterocycles. The summed E-state index contributed by atoms with van der Waals surface area (Å²) in [5.41, 5.74) is 0.363. The van der Waals surface area contributed by atoms with Gasteiger partial charge in [0.2, 0.25) is 5.91 Å². The minimum Gasteiger partial charge on any atom is -0.394 e. The van der Waals surface area contributed by atoms with Gasteiger partial charge in [0.15, 0.2) is 0 Å². The second-order valence-electron chi connectivity index (χ2n) is 4.51. The standard InChI is InChI=1S/C14H15BrFNO2/c15-11-4-5-13(16)10(8-11)3-6-14(19)17-7-1-2-12(17)9-18/h3-6,8,12,18H,1-2,7,9H2. The van der Waals surface area contributed by atoms with Crippen molar-refractivity contribution in [2.75, 3.05) is 13.2 Å². The minimum atomic E-state index is -0.368. The number of rotatable bonds is 3. The Morgan fingerprint density at radius 3 is 3.11 bits per heavy atom. The fraction of sp³-hybridized carbons (Fsp3) is 0.357. The predicted octanol–water partition coefficient (Wildman–Crippen LogP) is 2.58. The molecule has 1 amide bonds. The molecular weight excluding hydrogens is 313 g/mol. The van der Waals surface area contributed by atoms with Gasteiger partial charge in [-0.3, -0.25) is 4.79 Å². The van der Waals surface area contributed by atoms with Gasteiger partial charge in [0.05, 0.1) is 12.6 Å². The fourth-order valence-electron chi connectivity index (χ4n) is 2.21. The average Bonchev–Trinajstić information content (AvgIpc) is 2.88. The number of nitrogens with zero attached hydrogens (tertiary/aromatic N) is 1. The normalized spacial score (nSPS) is 19.3. The topological polar surface area (TPSA) is 40.5 Å². The van der Waals surface area contributed by atoms with Crippen molar-refractivity contribution in [2.24, 2.45) is 0 Å². The Morgan fingerprint density at radius 1 is 1.58 bits per heavy atom. The number of likely N-dealkylation sites (tertiary alicyclic amines) is 1. The summed E-state index contributed by atoms with van der Waals surface area (Å²) in [7, 11) is 0. The fourth-order valence-corrected chi connectivity index (χ4v) is 2.59. The maximum Gasteiger partial charge on any atom is 0.246 e. The van der Waals surface area contributed by atoms with E-state index in [2.05, 4.69) is 15.9 Å². The number of carbonyl (C=O) groups excluding carboxylic acids is 1. The monoisotopic (exact) mass is 327 g/mol. The van der Waals surface area contributed by atoms with Gasteiger partial charge in [-0.2, -0.15) is 0 Å². The summed E-state index contributed by atoms with van der Waals surface area (Å²) in [6.45, 7) is 0.625. The van der Waals surface area contributed by atoms with E-state index in [9.17, 15) is 9.18 Å². The molecule has 0 radical (unpaired) electrons. The van der Waals surface area contributed by atoms with Crippen LogP contribution in [0.5, 0.6) is 0 Å². The first kappa shape index (κ1) is 14.2. The average molecular weight is 328 g/mol. The van der Waals surface area contributed by atoms with Crippen molar-refractivity contribution in [3.63, 3.8) is 0 Å². The number of aliphatic hydroxyl groups is 1. The van der Waals surface area contributed by atoms with Gasteiger partial charge in [0.25, 0.3) is 0 Å². The second kappa shape index (κ2) is 6.30. The summed E-state index contributed by atoms with van der Waals surface area (Å²) in [4.78, 5) is 13.6. The van der Waals surface area contributed by atoms with Gasteiger partial charge >= 0.3 is 0 Å². The van der Waals surface area contributed by atoms with Crippen molar-refractivity contribution in [3.05, 3.63) is 40.1 Å². The zero-order valence-electron chi connectivity index (χ0n) is 10.4. The van der Waals surface area contributed by atoms with E-state index in [4.69, 9.17) is 5.11 Å². The molecule has 0 aromatic heterocycles. The third-order valence-corrected chi connectivity index (χ3v) is 3.73. The molecule has 19 heavy (non-hydrogen) atoms. The number of carbonyl (C=O) groups is 1. The van der Waals surface area contributed by atoms with Gasteiger partial charge < -0.3 is 10.0 Å². The molecule has 5 heteroatoms. The SMILES string of the molecule is O=C(C=Cc1cc(Br)ccc1F)N1CCCC1CO. The Kier molecular flexibility index (Phi) is 4.71. The minimum absolute atomic E-state index is 0.0230. The van der Waals surface area contributed by atoms with Crippen molar-refractivity contribution in [1.82, 2.24) is 4.90 Å². The molecule has 102 valence electrons. The summed E-state index contributed by atoms with van der Waals surface area (Å²) in [6.07, 6.45) is 4.55. The van der Waals surface area contributed by atoms with Crippen LogP contribution in [-0.4, -0.2) is 35.1 Å². The van der Waals surface area contributed by atoms with Crippen LogP contribution in [0.25, 0.3) is 6.08 Å². The van der Waals surface area contributed by atoms with Gasteiger partial charge in [0, 0.05) is 22.7 Å². The van der Waals surface area contributed by atoms with Crippen LogP contribution in [0.15, 0.2) is 28.7 Å². The first-order chi connectivity index (χ1) is 9.11. The zero-order valence-corrected chi connectivity index (χ0v) is 11.9. The van der Waals surface area contributed by atoms with E-state index in [0.29, 0.717) is 12.1 Å². The molecule has 1 aliphatic heterocycles. The molecule has 0 saturated carbocycles. The number of benzene rings is 1. The molecule has 1 aliphatic rings. The zero-order chi connectivity index (χ0) is 13.8. The summed E-state index contributed by atoms with van der Waals surface area (Å²) < 4.78 is 14.3. The van der Waals surface area contributed by atoms with Crippen LogP contribution in [0.1, 0.15) is 18.4 Å². The molecule has 1 aromatic carbocycles. The molecule has 0 aliphatic carbocycles. The first-order valence-corrected chi connectivity index (χ1v) is 6.95. The molecule has 0 bridgehead atoms. The highest BCUT2D eigenvalue weighted by Gasteiger charge is 2.26. The smallest absolute Gasteiger partial charge is 0.246 e. The molecule has 3 nitrogen and oxygen atoms in total. The van der Waals surface area contributed by atoms with Crippen LogP contribution in [0.3, 0.4) is 0 Å². The molecule has 1 fully saturated rings. The number of hydrogen-bond acceptors (Lipinski definition) is 2. The molecule has 1 aromatic rings. The largest absolute Gasteiger partial charge is 0.394 e. The van der Waals surface area contributed by atoms with Crippen molar-refractivity contribution in [1.29, 1.82) is 0 Å². The third-order valence-electron chi connectivity index (χ3n) is 3.23. The predicted molar refractivity (Wildman–Crippen MR) is 75.0 cm³/mol. The van der Waals surface area contributed by atoms with E-state index in [0.717, 1.165) is 17.3 Å². The lowest BCUT2D eigenvalue weighted by Gasteiger charge is -2.21. The number of amides is 1. The van der Waals surface area contributed by atoms with Crippen molar-refractivity contribution in [3.8, 4) is 0 Å². The van der Waals surface area contributed by atoms with Gasteiger partial charge in [0.1, 0.15) is 5.82 Å². The highest BCUT2D eigenvalue weighted by atomic mass is 79.9. The summed E-state index contributed by atoms with van der Waals surface area (Å²) in [6, 6.07) is 4.47. The van der Waals surface area contributed by atoms with Crippen LogP contribution in [0.2, 0.25) is 0 Å². The maximum absolute atomic E-state index is 13.5. The van der Waals surface area contributed by atoms with Crippen LogP contribution < -0.4 is 0 Å². The van der Waals surface area contributed by atoms with Gasteiger partial charge in [-0.15, -0.1) is 0 Å². The van der Waals surface area contributed by atoms with E-state index in [1.54, 1.807) is 17.0 Å². The Balaban J connectivity index is 2.09. The van der Waals surface area contributed by atoms with Gasteiger partial charge in [-0.25, -0.2) is 4.39 Å². The Morgan fingerprint density at radius 2 is 2.37 bits per heavy atom. The van der Waals surface area contributed by atoms with Gasteiger partial charge in [-0.1, -0.05) is 15.9 Å². The molecular formula is C14H15BrFNO2. The summed E-state index contributed by atoms with van der Waals surface area (Å²) in [5.74, 6) is -0.552. The summed E-state index contributed by atoms with van der Waals surface area (Å²) >= 11 is 3.26. The van der Waals surface area contributed by atoms with E-state index in [1.165, 1.54) is 18.2 Å².